The van der Waals surface area contributed by atoms with Crippen molar-refractivity contribution in [2.24, 2.45) is 0 Å². The van der Waals surface area contributed by atoms with E-state index in [9.17, 15) is 13.6 Å². The summed E-state index contributed by atoms with van der Waals surface area (Å²) in [6.45, 7) is 3.78. The van der Waals surface area contributed by atoms with Crippen LogP contribution in [0.5, 0.6) is 0 Å². The molecular formula is C19H36F2O2. The molecule has 0 rings (SSSR count). The fourth-order valence-corrected chi connectivity index (χ4v) is 2.70. The van der Waals surface area contributed by atoms with E-state index in [-0.39, 0.29) is 13.0 Å². The maximum Gasteiger partial charge on any atom is 0.376 e. The van der Waals surface area contributed by atoms with Crippen LogP contribution in [0, 0.1) is 0 Å². The van der Waals surface area contributed by atoms with Gasteiger partial charge in [0.15, 0.2) is 0 Å². The van der Waals surface area contributed by atoms with E-state index in [0.29, 0.717) is 6.42 Å². The normalized spacial score (nSPS) is 11.7. The summed E-state index contributed by atoms with van der Waals surface area (Å²) in [5.41, 5.74) is 0. The zero-order valence-corrected chi connectivity index (χ0v) is 15.2. The number of unbranched alkanes of at least 4 members (excludes halogenated alkanes) is 12. The molecule has 0 heterocycles. The Hall–Kier alpha value is -0.670. The lowest BCUT2D eigenvalue weighted by molar-refractivity contribution is -0.172. The molecule has 0 unspecified atom stereocenters. The maximum atomic E-state index is 13.4. The summed E-state index contributed by atoms with van der Waals surface area (Å²) in [5.74, 6) is -4.69. The second-order valence-electron chi connectivity index (χ2n) is 6.42. The van der Waals surface area contributed by atoms with Crippen LogP contribution >= 0.6 is 0 Å². The molecule has 0 aromatic carbocycles. The van der Waals surface area contributed by atoms with Gasteiger partial charge in [-0.15, -0.1) is 0 Å². The summed E-state index contributed by atoms with van der Waals surface area (Å²) in [6, 6.07) is 0. The van der Waals surface area contributed by atoms with E-state index in [1.807, 2.05) is 0 Å². The molecule has 0 N–H and O–H groups in total. The standard InChI is InChI=1S/C19H36F2O2/c1-3-5-6-7-8-9-10-11-12-13-14-15-16-17-19(20,21)18(22)23-4-2/h3-17H2,1-2H3. The van der Waals surface area contributed by atoms with Crippen molar-refractivity contribution in [3.8, 4) is 0 Å². The Morgan fingerprint density at radius 2 is 1.13 bits per heavy atom. The molecule has 0 amide bonds. The molecule has 0 radical (unpaired) electrons. The molecule has 0 aliphatic rings. The van der Waals surface area contributed by atoms with Gasteiger partial charge < -0.3 is 4.74 Å². The predicted octanol–water partition coefficient (Wildman–Crippen LogP) is 6.67. The minimum atomic E-state index is -3.31. The molecule has 0 aliphatic carbocycles. The molecule has 0 atom stereocenters. The van der Waals surface area contributed by atoms with Crippen molar-refractivity contribution < 1.29 is 18.3 Å². The Morgan fingerprint density at radius 3 is 1.52 bits per heavy atom. The lowest BCUT2D eigenvalue weighted by Crippen LogP contribution is -2.30. The van der Waals surface area contributed by atoms with Crippen LogP contribution in [-0.4, -0.2) is 18.5 Å². The van der Waals surface area contributed by atoms with Gasteiger partial charge in [-0.1, -0.05) is 84.0 Å². The van der Waals surface area contributed by atoms with Crippen LogP contribution in [0.3, 0.4) is 0 Å². The number of carbonyl (C=O) groups excluding carboxylic acids is 1. The molecule has 0 fully saturated rings. The summed E-state index contributed by atoms with van der Waals surface area (Å²) in [6.07, 6.45) is 14.7. The minimum absolute atomic E-state index is 0.00697. The smallest absolute Gasteiger partial charge is 0.376 e. The van der Waals surface area contributed by atoms with Crippen LogP contribution in [0.1, 0.15) is 104 Å². The van der Waals surface area contributed by atoms with E-state index in [0.717, 1.165) is 19.3 Å². The van der Waals surface area contributed by atoms with Gasteiger partial charge in [0.05, 0.1) is 6.61 Å². The number of hydrogen-bond donors (Lipinski definition) is 0. The lowest BCUT2D eigenvalue weighted by atomic mass is 10.0. The summed E-state index contributed by atoms with van der Waals surface area (Å²) in [7, 11) is 0. The summed E-state index contributed by atoms with van der Waals surface area (Å²) < 4.78 is 31.1. The molecule has 0 saturated heterocycles. The number of esters is 1. The third-order valence-electron chi connectivity index (χ3n) is 4.17. The number of rotatable bonds is 16. The van der Waals surface area contributed by atoms with E-state index in [1.54, 1.807) is 6.92 Å². The third-order valence-corrected chi connectivity index (χ3v) is 4.17. The van der Waals surface area contributed by atoms with Crippen molar-refractivity contribution in [1.82, 2.24) is 0 Å². The van der Waals surface area contributed by atoms with Crippen molar-refractivity contribution in [1.29, 1.82) is 0 Å². The van der Waals surface area contributed by atoms with E-state index >= 15 is 0 Å². The Labute approximate surface area is 141 Å². The zero-order valence-electron chi connectivity index (χ0n) is 15.2. The van der Waals surface area contributed by atoms with Crippen molar-refractivity contribution >= 4 is 5.97 Å². The second-order valence-corrected chi connectivity index (χ2v) is 6.42. The lowest BCUT2D eigenvalue weighted by Gasteiger charge is -2.14. The molecule has 0 spiro atoms. The number of halogens is 2. The first-order valence-electron chi connectivity index (χ1n) is 9.59. The SMILES string of the molecule is CCCCCCCCCCCCCCCC(F)(F)C(=O)OCC. The monoisotopic (exact) mass is 334 g/mol. The maximum absolute atomic E-state index is 13.4. The number of ether oxygens (including phenoxy) is 1. The summed E-state index contributed by atoms with van der Waals surface area (Å²) in [5, 5.41) is 0. The molecule has 0 bridgehead atoms. The van der Waals surface area contributed by atoms with E-state index in [1.165, 1.54) is 57.8 Å². The highest BCUT2D eigenvalue weighted by atomic mass is 19.3. The topological polar surface area (TPSA) is 26.3 Å². The Kier molecular flexibility index (Phi) is 14.5. The second kappa shape index (κ2) is 14.9. The molecule has 23 heavy (non-hydrogen) atoms. The van der Waals surface area contributed by atoms with Crippen LogP contribution in [-0.2, 0) is 9.53 Å². The molecule has 0 saturated carbocycles. The van der Waals surface area contributed by atoms with Gasteiger partial charge in [-0.05, 0) is 13.3 Å². The third kappa shape index (κ3) is 13.5. The van der Waals surface area contributed by atoms with Crippen molar-refractivity contribution in [3.05, 3.63) is 0 Å². The molecule has 138 valence electrons. The van der Waals surface area contributed by atoms with Crippen LogP contribution in [0.25, 0.3) is 0 Å². The van der Waals surface area contributed by atoms with Gasteiger partial charge in [0, 0.05) is 6.42 Å². The zero-order chi connectivity index (χ0) is 17.4. The minimum Gasteiger partial charge on any atom is -0.462 e. The van der Waals surface area contributed by atoms with E-state index < -0.39 is 11.9 Å². The van der Waals surface area contributed by atoms with E-state index in [2.05, 4.69) is 11.7 Å². The first kappa shape index (κ1) is 22.3. The largest absolute Gasteiger partial charge is 0.462 e. The van der Waals surface area contributed by atoms with Crippen LogP contribution in [0.4, 0.5) is 8.78 Å². The highest BCUT2D eigenvalue weighted by molar-refractivity contribution is 5.77. The Morgan fingerprint density at radius 1 is 0.739 bits per heavy atom. The van der Waals surface area contributed by atoms with Gasteiger partial charge in [0.2, 0.25) is 0 Å². The number of carbonyl (C=O) groups is 1. The number of hydrogen-bond acceptors (Lipinski definition) is 2. The average Bonchev–Trinajstić information content (AvgIpc) is 2.52. The van der Waals surface area contributed by atoms with Gasteiger partial charge >= 0.3 is 11.9 Å². The molecule has 0 aromatic heterocycles. The van der Waals surface area contributed by atoms with Gasteiger partial charge in [0.25, 0.3) is 0 Å². The van der Waals surface area contributed by atoms with Crippen molar-refractivity contribution in [2.75, 3.05) is 6.61 Å². The highest BCUT2D eigenvalue weighted by Gasteiger charge is 2.39. The number of alkyl halides is 2. The highest BCUT2D eigenvalue weighted by Crippen LogP contribution is 2.24. The van der Waals surface area contributed by atoms with Gasteiger partial charge in [-0.25, -0.2) is 4.79 Å². The Bertz CT molecular complexity index is 281. The van der Waals surface area contributed by atoms with Crippen molar-refractivity contribution in [3.63, 3.8) is 0 Å². The molecule has 0 aliphatic heterocycles. The fraction of sp³-hybridized carbons (Fsp3) is 0.947. The van der Waals surface area contributed by atoms with Crippen LogP contribution < -0.4 is 0 Å². The quantitative estimate of drug-likeness (QED) is 0.233. The molecule has 4 heteroatoms. The van der Waals surface area contributed by atoms with Gasteiger partial charge in [-0.2, -0.15) is 8.78 Å². The molecular weight excluding hydrogens is 298 g/mol. The summed E-state index contributed by atoms with van der Waals surface area (Å²) in [4.78, 5) is 11.0. The first-order valence-corrected chi connectivity index (χ1v) is 9.59. The fourth-order valence-electron chi connectivity index (χ4n) is 2.70. The van der Waals surface area contributed by atoms with Crippen molar-refractivity contribution in [2.45, 2.75) is 110 Å². The Balaban J connectivity index is 3.32. The first-order chi connectivity index (χ1) is 11.0. The molecule has 2 nitrogen and oxygen atoms in total. The van der Waals surface area contributed by atoms with Crippen LogP contribution in [0.15, 0.2) is 0 Å². The van der Waals surface area contributed by atoms with Crippen LogP contribution in [0.2, 0.25) is 0 Å². The van der Waals surface area contributed by atoms with Gasteiger partial charge in [0.1, 0.15) is 0 Å². The van der Waals surface area contributed by atoms with E-state index in [4.69, 9.17) is 0 Å². The summed E-state index contributed by atoms with van der Waals surface area (Å²) >= 11 is 0. The molecule has 0 aromatic rings. The van der Waals surface area contributed by atoms with Gasteiger partial charge in [-0.3, -0.25) is 0 Å². The predicted molar refractivity (Wildman–Crippen MR) is 91.9 cm³/mol. The average molecular weight is 334 g/mol.